The highest BCUT2D eigenvalue weighted by Gasteiger charge is 2.23. The Kier molecular flexibility index (Phi) is 11.4. The van der Waals surface area contributed by atoms with E-state index in [4.69, 9.17) is 9.73 Å². The van der Waals surface area contributed by atoms with E-state index in [1.54, 1.807) is 7.05 Å². The number of amides is 1. The molecule has 1 saturated carbocycles. The van der Waals surface area contributed by atoms with Crippen LogP contribution in [0.15, 0.2) is 23.3 Å². The fourth-order valence-corrected chi connectivity index (χ4v) is 4.27. The molecule has 1 aliphatic carbocycles. The molecule has 7 nitrogen and oxygen atoms in total. The fourth-order valence-electron chi connectivity index (χ4n) is 4.27. The highest BCUT2D eigenvalue weighted by atomic mass is 127. The van der Waals surface area contributed by atoms with E-state index in [0.29, 0.717) is 25.0 Å². The summed E-state index contributed by atoms with van der Waals surface area (Å²) in [6.07, 6.45) is 10.9. The number of aromatic nitrogens is 1. The van der Waals surface area contributed by atoms with Gasteiger partial charge in [-0.2, -0.15) is 0 Å². The van der Waals surface area contributed by atoms with Gasteiger partial charge in [-0.1, -0.05) is 6.42 Å². The van der Waals surface area contributed by atoms with Gasteiger partial charge in [-0.05, 0) is 63.0 Å². The maximum Gasteiger partial charge on any atom is 0.220 e. The Bertz CT molecular complexity index is 701. The second kappa shape index (κ2) is 13.8. The van der Waals surface area contributed by atoms with Crippen molar-refractivity contribution in [2.75, 3.05) is 26.7 Å². The lowest BCUT2D eigenvalue weighted by molar-refractivity contribution is -0.121. The van der Waals surface area contributed by atoms with Gasteiger partial charge >= 0.3 is 0 Å². The monoisotopic (exact) mass is 543 g/mol. The average Bonchev–Trinajstić information content (AvgIpc) is 2.78. The largest absolute Gasteiger partial charge is 0.474 e. The normalized spacial score (nSPS) is 18.3. The Balaban J connectivity index is 0.00000341. The third kappa shape index (κ3) is 8.46. The average molecular weight is 543 g/mol. The lowest BCUT2D eigenvalue weighted by Gasteiger charge is -2.34. The summed E-state index contributed by atoms with van der Waals surface area (Å²) in [6, 6.07) is 4.04. The molecule has 0 atom stereocenters. The zero-order chi connectivity index (χ0) is 21.2. The van der Waals surface area contributed by atoms with Crippen LogP contribution in [0, 0.1) is 5.92 Å². The van der Waals surface area contributed by atoms with Gasteiger partial charge in [-0.25, -0.2) is 9.98 Å². The molecular weight excluding hydrogens is 505 g/mol. The number of guanidine groups is 1. The second-order valence-electron chi connectivity index (χ2n) is 8.36. The summed E-state index contributed by atoms with van der Waals surface area (Å²) in [5, 5.41) is 6.15. The van der Waals surface area contributed by atoms with E-state index in [9.17, 15) is 4.79 Å². The number of rotatable bonds is 7. The van der Waals surface area contributed by atoms with Crippen molar-refractivity contribution in [2.45, 2.75) is 70.9 Å². The van der Waals surface area contributed by atoms with Crippen molar-refractivity contribution in [2.24, 2.45) is 10.9 Å². The first-order valence-corrected chi connectivity index (χ1v) is 11.5. The Morgan fingerprint density at radius 1 is 1.23 bits per heavy atom. The molecule has 1 aromatic rings. The first-order chi connectivity index (χ1) is 14.7. The molecule has 3 rings (SSSR count). The summed E-state index contributed by atoms with van der Waals surface area (Å²) < 4.78 is 6.10. The molecule has 1 aliphatic heterocycles. The predicted octanol–water partition coefficient (Wildman–Crippen LogP) is 3.72. The number of nitrogens with zero attached hydrogens (tertiary/aromatic N) is 3. The molecule has 31 heavy (non-hydrogen) atoms. The number of nitrogens with one attached hydrogen (secondary N) is 2. The van der Waals surface area contributed by atoms with Crippen molar-refractivity contribution in [3.05, 3.63) is 23.9 Å². The van der Waals surface area contributed by atoms with Crippen LogP contribution in [0.25, 0.3) is 0 Å². The van der Waals surface area contributed by atoms with Crippen LogP contribution in [0.1, 0.15) is 63.9 Å². The lowest BCUT2D eigenvalue weighted by atomic mass is 9.93. The second-order valence-corrected chi connectivity index (χ2v) is 8.36. The maximum atomic E-state index is 11.6. The summed E-state index contributed by atoms with van der Waals surface area (Å²) in [5.41, 5.74) is 1.11. The number of aliphatic imine (C=N–C) groups is 1. The van der Waals surface area contributed by atoms with Crippen LogP contribution in [0.4, 0.5) is 0 Å². The maximum absolute atomic E-state index is 11.6. The summed E-state index contributed by atoms with van der Waals surface area (Å²) in [5.74, 6) is 2.26. The predicted molar refractivity (Wildman–Crippen MR) is 135 cm³/mol. The minimum absolute atomic E-state index is 0. The van der Waals surface area contributed by atoms with Gasteiger partial charge in [0.2, 0.25) is 11.8 Å². The SMILES string of the molecule is CCNC(=NCc1ccnc(OC2CCCCC2)c1)N1CCC(CC(=O)NC)CC1.I. The first-order valence-electron chi connectivity index (χ1n) is 11.5. The van der Waals surface area contributed by atoms with Crippen molar-refractivity contribution in [3.8, 4) is 5.88 Å². The quantitative estimate of drug-likeness (QED) is 0.312. The van der Waals surface area contributed by atoms with E-state index in [0.717, 1.165) is 62.7 Å². The molecule has 0 aromatic carbocycles. The van der Waals surface area contributed by atoms with Gasteiger partial charge in [0.05, 0.1) is 6.54 Å². The number of hydrogen-bond acceptors (Lipinski definition) is 4. The Labute approximate surface area is 203 Å². The van der Waals surface area contributed by atoms with Crippen LogP contribution in [0.5, 0.6) is 5.88 Å². The summed E-state index contributed by atoms with van der Waals surface area (Å²) in [4.78, 5) is 23.2. The van der Waals surface area contributed by atoms with Crippen LogP contribution in [-0.4, -0.2) is 54.5 Å². The lowest BCUT2D eigenvalue weighted by Crippen LogP contribution is -2.46. The number of piperidine rings is 1. The van der Waals surface area contributed by atoms with Crippen LogP contribution in [0.3, 0.4) is 0 Å². The van der Waals surface area contributed by atoms with E-state index in [2.05, 4.69) is 27.4 Å². The van der Waals surface area contributed by atoms with Crippen molar-refractivity contribution in [1.29, 1.82) is 0 Å². The van der Waals surface area contributed by atoms with Crippen molar-refractivity contribution in [1.82, 2.24) is 20.5 Å². The van der Waals surface area contributed by atoms with Gasteiger partial charge in [0.25, 0.3) is 0 Å². The number of ether oxygens (including phenoxy) is 1. The third-order valence-corrected chi connectivity index (χ3v) is 6.05. The van der Waals surface area contributed by atoms with Crippen molar-refractivity contribution in [3.63, 3.8) is 0 Å². The molecule has 1 aromatic heterocycles. The molecule has 1 saturated heterocycles. The number of pyridine rings is 1. The topological polar surface area (TPSA) is 78.9 Å². The van der Waals surface area contributed by atoms with E-state index < -0.39 is 0 Å². The molecule has 8 heteroatoms. The standard InChI is InChI=1S/C23H37N5O2.HI/c1-3-25-23(28-13-10-18(11-14-28)15-21(29)24-2)27-17-19-9-12-26-22(16-19)30-20-7-5-4-6-8-20;/h9,12,16,18,20H,3-8,10-11,13-15,17H2,1-2H3,(H,24,29)(H,25,27);1H. The van der Waals surface area contributed by atoms with Crippen molar-refractivity contribution >= 4 is 35.8 Å². The fraction of sp³-hybridized carbons (Fsp3) is 0.696. The molecule has 2 fully saturated rings. The van der Waals surface area contributed by atoms with Crippen LogP contribution in [0.2, 0.25) is 0 Å². The highest BCUT2D eigenvalue weighted by molar-refractivity contribution is 14.0. The van der Waals surface area contributed by atoms with Gasteiger partial charge in [-0.3, -0.25) is 4.79 Å². The molecule has 0 unspecified atom stereocenters. The van der Waals surface area contributed by atoms with Crippen LogP contribution >= 0.6 is 24.0 Å². The first kappa shape index (κ1) is 25.7. The minimum atomic E-state index is 0. The molecule has 2 heterocycles. The van der Waals surface area contributed by atoms with Gasteiger partial charge in [0.15, 0.2) is 5.96 Å². The Morgan fingerprint density at radius 2 is 1.97 bits per heavy atom. The molecule has 2 aliphatic rings. The summed E-state index contributed by atoms with van der Waals surface area (Å²) in [7, 11) is 1.71. The molecule has 2 N–H and O–H groups in total. The highest BCUT2D eigenvalue weighted by Crippen LogP contribution is 2.23. The summed E-state index contributed by atoms with van der Waals surface area (Å²) >= 11 is 0. The molecular formula is C23H38IN5O2. The molecule has 0 bridgehead atoms. The molecule has 1 amide bonds. The smallest absolute Gasteiger partial charge is 0.220 e. The molecule has 0 spiro atoms. The minimum Gasteiger partial charge on any atom is -0.474 e. The van der Waals surface area contributed by atoms with Gasteiger partial charge < -0.3 is 20.3 Å². The van der Waals surface area contributed by atoms with E-state index >= 15 is 0 Å². The van der Waals surface area contributed by atoms with E-state index in [1.807, 2.05) is 18.3 Å². The zero-order valence-electron chi connectivity index (χ0n) is 18.9. The number of carbonyl (C=O) groups excluding carboxylic acids is 1. The van der Waals surface area contributed by atoms with Crippen LogP contribution in [-0.2, 0) is 11.3 Å². The molecule has 174 valence electrons. The number of likely N-dealkylation sites (tertiary alicyclic amines) is 1. The molecule has 0 radical (unpaired) electrons. The van der Waals surface area contributed by atoms with Gasteiger partial charge in [0.1, 0.15) is 6.10 Å². The number of halogens is 1. The van der Waals surface area contributed by atoms with E-state index in [1.165, 1.54) is 19.3 Å². The third-order valence-electron chi connectivity index (χ3n) is 6.05. The Hall–Kier alpha value is -1.58. The number of hydrogen-bond donors (Lipinski definition) is 2. The van der Waals surface area contributed by atoms with Crippen molar-refractivity contribution < 1.29 is 9.53 Å². The van der Waals surface area contributed by atoms with Gasteiger partial charge in [0, 0.05) is 45.4 Å². The zero-order valence-corrected chi connectivity index (χ0v) is 21.3. The van der Waals surface area contributed by atoms with Crippen LogP contribution < -0.4 is 15.4 Å². The van der Waals surface area contributed by atoms with E-state index in [-0.39, 0.29) is 29.9 Å². The van der Waals surface area contributed by atoms with Gasteiger partial charge in [-0.15, -0.1) is 24.0 Å². The Morgan fingerprint density at radius 3 is 2.65 bits per heavy atom. The number of carbonyl (C=O) groups is 1. The summed E-state index contributed by atoms with van der Waals surface area (Å²) in [6.45, 7) is 5.39.